The van der Waals surface area contributed by atoms with Crippen molar-refractivity contribution in [3.05, 3.63) is 59.2 Å². The van der Waals surface area contributed by atoms with Gasteiger partial charge in [-0.3, -0.25) is 4.99 Å². The predicted molar refractivity (Wildman–Crippen MR) is 82.5 cm³/mol. The number of amidine groups is 1. The molecule has 0 bridgehead atoms. The molecule has 2 aromatic rings. The van der Waals surface area contributed by atoms with Crippen LogP contribution in [0.3, 0.4) is 0 Å². The summed E-state index contributed by atoms with van der Waals surface area (Å²) in [6, 6.07) is 6.47. The molecule has 3 N–H and O–H groups in total. The number of halogens is 2. The molecule has 0 fully saturated rings. The summed E-state index contributed by atoms with van der Waals surface area (Å²) in [4.78, 5) is 4.44. The molecular weight excluding hydrogens is 302 g/mol. The van der Waals surface area contributed by atoms with Crippen LogP contribution >= 0.6 is 0 Å². The standard InChI is InChI=1S/C17H16F2N2O2/c1-2-15-20-16(11-5-3-9(22)7-13(11)18)17(21-15)12-6-4-10(23)8-14(12)19/h3-8,16-17,22-23H,2H2,1H3,(H,20,21)/t16-,17+. The minimum Gasteiger partial charge on any atom is -0.508 e. The van der Waals surface area contributed by atoms with Gasteiger partial charge < -0.3 is 15.5 Å². The van der Waals surface area contributed by atoms with E-state index in [9.17, 15) is 19.0 Å². The highest BCUT2D eigenvalue weighted by atomic mass is 19.1. The molecule has 0 aliphatic carbocycles. The fourth-order valence-electron chi connectivity index (χ4n) is 2.75. The van der Waals surface area contributed by atoms with Crippen molar-refractivity contribution in [1.29, 1.82) is 0 Å². The Morgan fingerprint density at radius 3 is 2.09 bits per heavy atom. The lowest BCUT2D eigenvalue weighted by molar-refractivity contribution is 0.455. The van der Waals surface area contributed by atoms with Gasteiger partial charge in [0, 0.05) is 29.7 Å². The number of phenolic OH excluding ortho intramolecular Hbond substituents is 2. The van der Waals surface area contributed by atoms with Gasteiger partial charge in [-0.2, -0.15) is 0 Å². The zero-order chi connectivity index (χ0) is 16.6. The second-order valence-corrected chi connectivity index (χ2v) is 5.41. The van der Waals surface area contributed by atoms with Crippen LogP contribution in [0.15, 0.2) is 41.4 Å². The molecule has 0 saturated heterocycles. The maximum atomic E-state index is 14.2. The molecule has 0 saturated carbocycles. The van der Waals surface area contributed by atoms with Crippen LogP contribution in [0.25, 0.3) is 0 Å². The molecule has 23 heavy (non-hydrogen) atoms. The summed E-state index contributed by atoms with van der Waals surface area (Å²) in [5.41, 5.74) is 0.573. The maximum absolute atomic E-state index is 14.2. The first-order chi connectivity index (χ1) is 11.0. The number of nitrogens with one attached hydrogen (secondary N) is 1. The summed E-state index contributed by atoms with van der Waals surface area (Å²) in [6.45, 7) is 1.89. The van der Waals surface area contributed by atoms with Crippen LogP contribution in [0.2, 0.25) is 0 Å². The quantitative estimate of drug-likeness (QED) is 0.810. The Balaban J connectivity index is 2.05. The summed E-state index contributed by atoms with van der Waals surface area (Å²) in [6.07, 6.45) is 0.604. The first-order valence-corrected chi connectivity index (χ1v) is 7.29. The van der Waals surface area contributed by atoms with Gasteiger partial charge in [-0.25, -0.2) is 8.78 Å². The van der Waals surface area contributed by atoms with E-state index in [1.807, 2.05) is 6.92 Å². The van der Waals surface area contributed by atoms with Gasteiger partial charge in [0.25, 0.3) is 0 Å². The highest BCUT2D eigenvalue weighted by Gasteiger charge is 2.34. The number of phenols is 2. The monoisotopic (exact) mass is 318 g/mol. The van der Waals surface area contributed by atoms with Crippen LogP contribution in [0, 0.1) is 11.6 Å². The number of nitrogens with zero attached hydrogens (tertiary/aromatic N) is 1. The number of benzene rings is 2. The smallest absolute Gasteiger partial charge is 0.132 e. The van der Waals surface area contributed by atoms with E-state index >= 15 is 0 Å². The van der Waals surface area contributed by atoms with Crippen molar-refractivity contribution >= 4 is 5.84 Å². The molecule has 2 aromatic carbocycles. The Morgan fingerprint density at radius 1 is 1.00 bits per heavy atom. The highest BCUT2D eigenvalue weighted by Crippen LogP contribution is 2.39. The van der Waals surface area contributed by atoms with Crippen LogP contribution < -0.4 is 5.32 Å². The largest absolute Gasteiger partial charge is 0.508 e. The van der Waals surface area contributed by atoms with Crippen LogP contribution in [-0.4, -0.2) is 16.0 Å². The van der Waals surface area contributed by atoms with Crippen molar-refractivity contribution in [3.63, 3.8) is 0 Å². The van der Waals surface area contributed by atoms with Crippen LogP contribution in [0.1, 0.15) is 36.6 Å². The van der Waals surface area contributed by atoms with Gasteiger partial charge in [-0.15, -0.1) is 0 Å². The van der Waals surface area contributed by atoms with Crippen LogP contribution in [-0.2, 0) is 0 Å². The third kappa shape index (κ3) is 2.84. The van der Waals surface area contributed by atoms with Gasteiger partial charge in [0.05, 0.1) is 11.9 Å². The van der Waals surface area contributed by atoms with E-state index in [0.717, 1.165) is 12.1 Å². The average molecular weight is 318 g/mol. The lowest BCUT2D eigenvalue weighted by Gasteiger charge is -2.20. The predicted octanol–water partition coefficient (Wildman–Crippen LogP) is 3.57. The molecule has 0 radical (unpaired) electrons. The Hall–Kier alpha value is -2.63. The van der Waals surface area contributed by atoms with Crippen molar-refractivity contribution in [2.75, 3.05) is 0 Å². The molecule has 1 heterocycles. The third-order valence-electron chi connectivity index (χ3n) is 3.89. The Bertz CT molecular complexity index is 777. The van der Waals surface area contributed by atoms with Gasteiger partial charge in [0.15, 0.2) is 0 Å². The van der Waals surface area contributed by atoms with E-state index in [1.54, 1.807) is 0 Å². The fourth-order valence-corrected chi connectivity index (χ4v) is 2.75. The zero-order valence-electron chi connectivity index (χ0n) is 12.4. The summed E-state index contributed by atoms with van der Waals surface area (Å²) < 4.78 is 28.4. The number of aromatic hydroxyl groups is 2. The lowest BCUT2D eigenvalue weighted by atomic mass is 9.94. The topological polar surface area (TPSA) is 64.9 Å². The SMILES string of the molecule is CCC1=N[C@@H](c2ccc(O)cc2F)[C@@H](c2ccc(O)cc2F)N1. The molecule has 1 aliphatic heterocycles. The van der Waals surface area contributed by atoms with Gasteiger partial charge in [0.2, 0.25) is 0 Å². The zero-order valence-corrected chi connectivity index (χ0v) is 12.4. The van der Waals surface area contributed by atoms with Gasteiger partial charge in [0.1, 0.15) is 29.2 Å². The molecule has 4 nitrogen and oxygen atoms in total. The molecule has 120 valence electrons. The highest BCUT2D eigenvalue weighted by molar-refractivity contribution is 5.84. The van der Waals surface area contributed by atoms with Crippen molar-refractivity contribution in [2.45, 2.75) is 25.4 Å². The van der Waals surface area contributed by atoms with E-state index in [-0.39, 0.29) is 17.1 Å². The van der Waals surface area contributed by atoms with Crippen molar-refractivity contribution in [2.24, 2.45) is 4.99 Å². The van der Waals surface area contributed by atoms with Gasteiger partial charge in [-0.05, 0) is 12.1 Å². The normalized spacial score (nSPS) is 20.2. The number of hydrogen-bond acceptors (Lipinski definition) is 4. The Labute approximate surface area is 132 Å². The summed E-state index contributed by atoms with van der Waals surface area (Å²) >= 11 is 0. The van der Waals surface area contributed by atoms with E-state index in [4.69, 9.17) is 0 Å². The molecule has 0 aromatic heterocycles. The minimum atomic E-state index is -0.649. The van der Waals surface area contributed by atoms with Crippen LogP contribution in [0.4, 0.5) is 8.78 Å². The van der Waals surface area contributed by atoms with Crippen molar-refractivity contribution in [1.82, 2.24) is 5.32 Å². The lowest BCUT2D eigenvalue weighted by Crippen LogP contribution is -2.25. The van der Waals surface area contributed by atoms with Crippen LogP contribution in [0.5, 0.6) is 11.5 Å². The number of hydrogen-bond donors (Lipinski definition) is 3. The van der Waals surface area contributed by atoms with E-state index in [1.165, 1.54) is 24.3 Å². The van der Waals surface area contributed by atoms with Gasteiger partial charge >= 0.3 is 0 Å². The van der Waals surface area contributed by atoms with Crippen molar-refractivity contribution < 1.29 is 19.0 Å². The van der Waals surface area contributed by atoms with Gasteiger partial charge in [-0.1, -0.05) is 19.1 Å². The molecule has 6 heteroatoms. The molecule has 1 aliphatic rings. The summed E-state index contributed by atoms with van der Waals surface area (Å²) in [7, 11) is 0. The first kappa shape index (κ1) is 15.3. The maximum Gasteiger partial charge on any atom is 0.132 e. The van der Waals surface area contributed by atoms with E-state index < -0.39 is 23.7 Å². The number of rotatable bonds is 3. The fraction of sp³-hybridized carbons (Fsp3) is 0.235. The van der Waals surface area contributed by atoms with Crippen molar-refractivity contribution in [3.8, 4) is 11.5 Å². The van der Waals surface area contributed by atoms with E-state index in [2.05, 4.69) is 10.3 Å². The Kier molecular flexibility index (Phi) is 3.90. The molecule has 3 rings (SSSR count). The minimum absolute atomic E-state index is 0.173. The summed E-state index contributed by atoms with van der Waals surface area (Å²) in [5.74, 6) is -0.876. The third-order valence-corrected chi connectivity index (χ3v) is 3.89. The molecule has 0 amide bonds. The second-order valence-electron chi connectivity index (χ2n) is 5.41. The average Bonchev–Trinajstić information content (AvgIpc) is 2.91. The molecule has 0 spiro atoms. The second kappa shape index (κ2) is 5.87. The molecule has 0 unspecified atom stereocenters. The molecule has 2 atom stereocenters. The van der Waals surface area contributed by atoms with E-state index in [0.29, 0.717) is 17.8 Å². The summed E-state index contributed by atoms with van der Waals surface area (Å²) in [5, 5.41) is 21.8. The first-order valence-electron chi connectivity index (χ1n) is 7.29. The Morgan fingerprint density at radius 2 is 1.57 bits per heavy atom. The molecular formula is C17H16F2N2O2. The number of aliphatic imine (C=N–C) groups is 1.